The molecule has 0 heterocycles. The molecule has 0 aliphatic carbocycles. The molecule has 1 aromatic carbocycles. The molecule has 0 spiro atoms. The Labute approximate surface area is 109 Å². The van der Waals surface area contributed by atoms with Crippen LogP contribution in [-0.2, 0) is 0 Å². The highest BCUT2D eigenvalue weighted by molar-refractivity contribution is 5.85. The maximum atomic E-state index is 9.99. The van der Waals surface area contributed by atoms with Gasteiger partial charge in [-0.2, -0.15) is 0 Å². The van der Waals surface area contributed by atoms with Crippen molar-refractivity contribution in [2.75, 3.05) is 0 Å². The van der Waals surface area contributed by atoms with Crippen LogP contribution in [0.3, 0.4) is 0 Å². The van der Waals surface area contributed by atoms with E-state index in [4.69, 9.17) is 5.73 Å². The average Bonchev–Trinajstić information content (AvgIpc) is 2.16. The molecule has 0 aliphatic heterocycles. The normalized spacial score (nSPS) is 14.9. The van der Waals surface area contributed by atoms with Crippen LogP contribution in [0.5, 0.6) is 5.75 Å². The molecule has 0 aliphatic rings. The lowest BCUT2D eigenvalue weighted by Crippen LogP contribution is -2.36. The van der Waals surface area contributed by atoms with Gasteiger partial charge in [0.1, 0.15) is 5.75 Å². The number of nitrogens with two attached hydrogens (primary N) is 1. The third-order valence-corrected chi connectivity index (χ3v) is 2.84. The molecule has 0 amide bonds. The van der Waals surface area contributed by atoms with Crippen molar-refractivity contribution in [1.82, 2.24) is 0 Å². The van der Waals surface area contributed by atoms with E-state index in [9.17, 15) is 10.2 Å². The van der Waals surface area contributed by atoms with Gasteiger partial charge in [-0.15, -0.1) is 12.4 Å². The maximum absolute atomic E-state index is 9.99. The number of benzene rings is 1. The summed E-state index contributed by atoms with van der Waals surface area (Å²) in [5.74, 6) is 0.167. The smallest absolute Gasteiger partial charge is 0.115 e. The molecule has 1 rings (SSSR count). The summed E-state index contributed by atoms with van der Waals surface area (Å²) in [5, 5.41) is 19.3. The minimum absolute atomic E-state index is 0. The van der Waals surface area contributed by atoms with E-state index in [0.29, 0.717) is 12.0 Å². The van der Waals surface area contributed by atoms with Crippen molar-refractivity contribution < 1.29 is 10.2 Å². The fourth-order valence-corrected chi connectivity index (χ4v) is 1.46. The fraction of sp³-hybridized carbons (Fsp3) is 0.538. The van der Waals surface area contributed by atoms with E-state index < -0.39 is 6.10 Å². The van der Waals surface area contributed by atoms with Crippen molar-refractivity contribution in [3.8, 4) is 5.75 Å². The molecule has 0 saturated heterocycles. The molecule has 4 N–H and O–H groups in total. The maximum Gasteiger partial charge on any atom is 0.115 e. The molecule has 0 saturated carbocycles. The molecule has 0 unspecified atom stereocenters. The predicted octanol–water partition coefficient (Wildman–Crippen LogP) is 2.61. The first-order valence-electron chi connectivity index (χ1n) is 5.53. The zero-order valence-corrected chi connectivity index (χ0v) is 11.4. The number of aliphatic hydroxyl groups is 1. The molecular formula is C13H22ClNO2. The van der Waals surface area contributed by atoms with Crippen molar-refractivity contribution in [1.29, 1.82) is 0 Å². The molecule has 0 fully saturated rings. The highest BCUT2D eigenvalue weighted by Gasteiger charge is 2.23. The number of phenols is 1. The number of hydrogen-bond acceptors (Lipinski definition) is 3. The largest absolute Gasteiger partial charge is 0.508 e. The van der Waals surface area contributed by atoms with Crippen molar-refractivity contribution in [2.45, 2.75) is 39.3 Å². The van der Waals surface area contributed by atoms with Crippen LogP contribution in [0.25, 0.3) is 0 Å². The first-order valence-corrected chi connectivity index (χ1v) is 5.53. The molecule has 3 nitrogen and oxygen atoms in total. The summed E-state index contributed by atoms with van der Waals surface area (Å²) in [6, 6.07) is 6.58. The molecule has 4 heteroatoms. The van der Waals surface area contributed by atoms with Crippen LogP contribution in [0.1, 0.15) is 38.9 Å². The summed E-state index contributed by atoms with van der Waals surface area (Å²) in [6.45, 7) is 6.15. The summed E-state index contributed by atoms with van der Waals surface area (Å²) in [4.78, 5) is 0. The monoisotopic (exact) mass is 259 g/mol. The first-order chi connectivity index (χ1) is 7.30. The summed E-state index contributed by atoms with van der Waals surface area (Å²) in [7, 11) is 0. The van der Waals surface area contributed by atoms with Gasteiger partial charge in [0.05, 0.1) is 6.10 Å². The van der Waals surface area contributed by atoms with E-state index in [-0.39, 0.29) is 29.6 Å². The molecule has 98 valence electrons. The van der Waals surface area contributed by atoms with E-state index in [1.54, 1.807) is 24.3 Å². The molecule has 0 bridgehead atoms. The summed E-state index contributed by atoms with van der Waals surface area (Å²) in [5.41, 5.74) is 6.68. The number of aromatic hydroxyl groups is 1. The minimum Gasteiger partial charge on any atom is -0.508 e. The molecule has 1 aromatic rings. The van der Waals surface area contributed by atoms with Gasteiger partial charge in [0.2, 0.25) is 0 Å². The van der Waals surface area contributed by atoms with Crippen LogP contribution < -0.4 is 5.73 Å². The van der Waals surface area contributed by atoms with Gasteiger partial charge in [-0.1, -0.05) is 32.9 Å². The second kappa shape index (κ2) is 6.24. The van der Waals surface area contributed by atoms with Crippen molar-refractivity contribution in [3.05, 3.63) is 29.8 Å². The Bertz CT molecular complexity index is 350. The SMILES string of the molecule is CC(C)(C)[C@H](N)C[C@H](O)c1cccc(O)c1.Cl. The van der Waals surface area contributed by atoms with E-state index in [1.807, 2.05) is 20.8 Å². The van der Waals surface area contributed by atoms with Crippen molar-refractivity contribution in [3.63, 3.8) is 0 Å². The van der Waals surface area contributed by atoms with Crippen molar-refractivity contribution in [2.24, 2.45) is 11.1 Å². The van der Waals surface area contributed by atoms with Gasteiger partial charge in [0.15, 0.2) is 0 Å². The van der Waals surface area contributed by atoms with Crippen molar-refractivity contribution >= 4 is 12.4 Å². The fourth-order valence-electron chi connectivity index (χ4n) is 1.46. The standard InChI is InChI=1S/C13H21NO2.ClH/c1-13(2,3)12(14)8-11(16)9-5-4-6-10(15)7-9;/h4-7,11-12,15-16H,8,14H2,1-3H3;1H/t11-,12+;/m0./s1. The van der Waals surface area contributed by atoms with Crippen LogP contribution >= 0.6 is 12.4 Å². The van der Waals surface area contributed by atoms with Crippen LogP contribution in [0.15, 0.2) is 24.3 Å². The predicted molar refractivity (Wildman–Crippen MR) is 72.4 cm³/mol. The quantitative estimate of drug-likeness (QED) is 0.782. The van der Waals surface area contributed by atoms with E-state index in [0.717, 1.165) is 0 Å². The van der Waals surface area contributed by atoms with Crippen LogP contribution in [0.2, 0.25) is 0 Å². The van der Waals surface area contributed by atoms with Gasteiger partial charge >= 0.3 is 0 Å². The summed E-state index contributed by atoms with van der Waals surface area (Å²) in [6.07, 6.45) is -0.131. The Hall–Kier alpha value is -0.770. The molecule has 17 heavy (non-hydrogen) atoms. The topological polar surface area (TPSA) is 66.5 Å². The van der Waals surface area contributed by atoms with E-state index >= 15 is 0 Å². The zero-order chi connectivity index (χ0) is 12.3. The first kappa shape index (κ1) is 16.2. The highest BCUT2D eigenvalue weighted by Crippen LogP contribution is 2.27. The van der Waals surface area contributed by atoms with Crippen LogP contribution in [0.4, 0.5) is 0 Å². The molecular weight excluding hydrogens is 238 g/mol. The van der Waals surface area contributed by atoms with Gasteiger partial charge in [-0.25, -0.2) is 0 Å². The van der Waals surface area contributed by atoms with Gasteiger partial charge < -0.3 is 15.9 Å². The number of phenolic OH excluding ortho intramolecular Hbond substituents is 1. The number of halogens is 1. The third-order valence-electron chi connectivity index (χ3n) is 2.84. The lowest BCUT2D eigenvalue weighted by atomic mass is 9.83. The third kappa shape index (κ3) is 4.94. The van der Waals surface area contributed by atoms with Gasteiger partial charge in [0.25, 0.3) is 0 Å². The Morgan fingerprint density at radius 1 is 1.29 bits per heavy atom. The number of hydrogen-bond donors (Lipinski definition) is 3. The second-order valence-electron chi connectivity index (χ2n) is 5.32. The summed E-state index contributed by atoms with van der Waals surface area (Å²) >= 11 is 0. The molecule has 0 radical (unpaired) electrons. The number of aliphatic hydroxyl groups excluding tert-OH is 1. The van der Waals surface area contributed by atoms with E-state index in [1.165, 1.54) is 0 Å². The average molecular weight is 260 g/mol. The Morgan fingerprint density at radius 3 is 2.35 bits per heavy atom. The van der Waals surface area contributed by atoms with Gasteiger partial charge in [-0.3, -0.25) is 0 Å². The Kier molecular flexibility index (Phi) is 5.96. The Balaban J connectivity index is 0.00000256. The molecule has 2 atom stereocenters. The lowest BCUT2D eigenvalue weighted by molar-refractivity contribution is 0.133. The minimum atomic E-state index is -0.624. The Morgan fingerprint density at radius 2 is 1.88 bits per heavy atom. The van der Waals surface area contributed by atoms with Crippen LogP contribution in [0, 0.1) is 5.41 Å². The highest BCUT2D eigenvalue weighted by atomic mass is 35.5. The second-order valence-corrected chi connectivity index (χ2v) is 5.32. The van der Waals surface area contributed by atoms with Gasteiger partial charge in [0, 0.05) is 6.04 Å². The lowest BCUT2D eigenvalue weighted by Gasteiger charge is -2.29. The zero-order valence-electron chi connectivity index (χ0n) is 10.6. The number of rotatable bonds is 3. The van der Waals surface area contributed by atoms with Crippen LogP contribution in [-0.4, -0.2) is 16.3 Å². The summed E-state index contributed by atoms with van der Waals surface area (Å²) < 4.78 is 0. The molecule has 0 aromatic heterocycles. The van der Waals surface area contributed by atoms with Gasteiger partial charge in [-0.05, 0) is 29.5 Å². The van der Waals surface area contributed by atoms with E-state index in [2.05, 4.69) is 0 Å².